The Morgan fingerprint density at radius 3 is 2.85 bits per heavy atom. The fraction of sp³-hybridized carbons (Fsp3) is 0.276. The van der Waals surface area contributed by atoms with Gasteiger partial charge in [0.15, 0.2) is 0 Å². The van der Waals surface area contributed by atoms with E-state index >= 15 is 0 Å². The summed E-state index contributed by atoms with van der Waals surface area (Å²) < 4.78 is 13.6. The number of aliphatic hydroxyl groups is 1. The lowest BCUT2D eigenvalue weighted by Gasteiger charge is -2.11. The number of amides is 1. The van der Waals surface area contributed by atoms with Gasteiger partial charge in [0.25, 0.3) is 0 Å². The van der Waals surface area contributed by atoms with Gasteiger partial charge in [-0.25, -0.2) is 9.79 Å². The quantitative estimate of drug-likeness (QED) is 0.309. The smallest absolute Gasteiger partial charge is 0.344 e. The van der Waals surface area contributed by atoms with Crippen LogP contribution in [-0.2, 0) is 25.6 Å². The first-order valence-corrected chi connectivity index (χ1v) is 14.3. The molecular formula is C29H28BrN3O5S. The molecule has 1 atom stereocenters. The van der Waals surface area contributed by atoms with E-state index in [0.29, 0.717) is 22.2 Å². The molecule has 39 heavy (non-hydrogen) atoms. The maximum Gasteiger partial charge on any atom is 0.344 e. The third kappa shape index (κ3) is 6.29. The number of hydrogen-bond acceptors (Lipinski definition) is 7. The number of thioether (sulfide) groups is 1. The SMILES string of the molecule is CCOC(=O)C1=C(O)/C(=C/c2cn(CC(=O)NC[C@@H]3CCCO3)c3ccc(Br)cc23)SC1=Nc1ccccc1. The number of aromatic nitrogens is 1. The fourth-order valence-corrected chi connectivity index (χ4v) is 5.93. The third-order valence-corrected chi connectivity index (χ3v) is 7.90. The van der Waals surface area contributed by atoms with E-state index in [1.165, 1.54) is 11.8 Å². The van der Waals surface area contributed by atoms with Crippen LogP contribution in [-0.4, -0.2) is 52.5 Å². The van der Waals surface area contributed by atoms with E-state index in [1.807, 2.05) is 65.4 Å². The summed E-state index contributed by atoms with van der Waals surface area (Å²) in [5.41, 5.74) is 2.35. The Labute approximate surface area is 238 Å². The number of aliphatic imine (C=N–C) groups is 1. The zero-order chi connectivity index (χ0) is 27.4. The second-order valence-corrected chi connectivity index (χ2v) is 11.1. The molecule has 202 valence electrons. The maximum absolute atomic E-state index is 12.8. The summed E-state index contributed by atoms with van der Waals surface area (Å²) in [5.74, 6) is -0.920. The van der Waals surface area contributed by atoms with Crippen LogP contribution in [0, 0.1) is 0 Å². The molecule has 0 aliphatic carbocycles. The van der Waals surface area contributed by atoms with Crippen LogP contribution in [0.3, 0.4) is 0 Å². The first kappa shape index (κ1) is 27.2. The molecule has 2 aromatic carbocycles. The van der Waals surface area contributed by atoms with E-state index in [4.69, 9.17) is 9.47 Å². The first-order chi connectivity index (χ1) is 18.9. The Balaban J connectivity index is 1.48. The predicted molar refractivity (Wildman–Crippen MR) is 157 cm³/mol. The molecule has 10 heteroatoms. The van der Waals surface area contributed by atoms with Crippen molar-refractivity contribution in [1.82, 2.24) is 9.88 Å². The molecule has 0 saturated carbocycles. The van der Waals surface area contributed by atoms with Crippen molar-refractivity contribution in [2.45, 2.75) is 32.4 Å². The number of halogens is 1. The highest BCUT2D eigenvalue weighted by Gasteiger charge is 2.33. The highest BCUT2D eigenvalue weighted by atomic mass is 79.9. The molecule has 1 amide bonds. The summed E-state index contributed by atoms with van der Waals surface area (Å²) in [6.07, 6.45) is 5.73. The van der Waals surface area contributed by atoms with Crippen molar-refractivity contribution in [2.24, 2.45) is 4.99 Å². The maximum atomic E-state index is 12.8. The summed E-state index contributed by atoms with van der Waals surface area (Å²) >= 11 is 4.74. The molecule has 0 radical (unpaired) electrons. The summed E-state index contributed by atoms with van der Waals surface area (Å²) in [5, 5.41) is 15.3. The number of carbonyl (C=O) groups excluding carboxylic acids is 2. The minimum absolute atomic E-state index is 0.0374. The second-order valence-electron chi connectivity index (χ2n) is 9.12. The van der Waals surface area contributed by atoms with Crippen LogP contribution in [0.5, 0.6) is 0 Å². The van der Waals surface area contributed by atoms with Gasteiger partial charge in [-0.2, -0.15) is 0 Å². The third-order valence-electron chi connectivity index (χ3n) is 6.38. The molecule has 2 aliphatic heterocycles. The Hall–Kier alpha value is -3.34. The zero-order valence-corrected chi connectivity index (χ0v) is 23.8. The average Bonchev–Trinajstić information content (AvgIpc) is 3.63. The van der Waals surface area contributed by atoms with Crippen LogP contribution in [0.2, 0.25) is 0 Å². The Morgan fingerprint density at radius 1 is 1.28 bits per heavy atom. The van der Waals surface area contributed by atoms with Crippen LogP contribution in [0.1, 0.15) is 25.3 Å². The number of aliphatic hydroxyl groups excluding tert-OH is 1. The average molecular weight is 611 g/mol. The number of rotatable bonds is 8. The monoisotopic (exact) mass is 609 g/mol. The standard InChI is InChI=1S/C29H28BrN3O5S/c1-2-37-29(36)26-27(35)24(39-28(26)32-20-7-4-3-5-8-20)13-18-16-33(23-11-10-19(30)14-22(18)23)17-25(34)31-15-21-9-6-12-38-21/h3-5,7-8,10-11,13-14,16,21,35H,2,6,9,12,15,17H2,1H3,(H,31,34)/b24-13-,32-28?/t21-/m0/s1. The van der Waals surface area contributed by atoms with Crippen molar-refractivity contribution in [3.05, 3.63) is 81.0 Å². The second kappa shape index (κ2) is 12.2. The zero-order valence-electron chi connectivity index (χ0n) is 21.4. The van der Waals surface area contributed by atoms with Gasteiger partial charge in [0.05, 0.1) is 23.3 Å². The lowest BCUT2D eigenvalue weighted by Crippen LogP contribution is -2.34. The van der Waals surface area contributed by atoms with Gasteiger partial charge >= 0.3 is 5.97 Å². The van der Waals surface area contributed by atoms with Crippen molar-refractivity contribution in [3.8, 4) is 0 Å². The highest BCUT2D eigenvalue weighted by Crippen LogP contribution is 2.41. The van der Waals surface area contributed by atoms with Crippen LogP contribution in [0.15, 0.2) is 80.4 Å². The van der Waals surface area contributed by atoms with Crippen molar-refractivity contribution in [3.63, 3.8) is 0 Å². The van der Waals surface area contributed by atoms with E-state index < -0.39 is 5.97 Å². The number of esters is 1. The number of para-hydroxylation sites is 1. The molecule has 2 aliphatic rings. The number of nitrogens with one attached hydrogen (secondary N) is 1. The van der Waals surface area contributed by atoms with Gasteiger partial charge in [-0.15, -0.1) is 0 Å². The largest absolute Gasteiger partial charge is 0.506 e. The van der Waals surface area contributed by atoms with Gasteiger partial charge in [-0.05, 0) is 56.2 Å². The molecule has 2 N–H and O–H groups in total. The molecule has 1 fully saturated rings. The summed E-state index contributed by atoms with van der Waals surface area (Å²) in [4.78, 5) is 30.6. The lowest BCUT2D eigenvalue weighted by molar-refractivity contribution is -0.138. The molecule has 1 saturated heterocycles. The highest BCUT2D eigenvalue weighted by molar-refractivity contribution is 9.10. The van der Waals surface area contributed by atoms with Crippen LogP contribution in [0.25, 0.3) is 17.0 Å². The van der Waals surface area contributed by atoms with Crippen molar-refractivity contribution < 1.29 is 24.2 Å². The van der Waals surface area contributed by atoms with E-state index in [0.717, 1.165) is 40.4 Å². The van der Waals surface area contributed by atoms with E-state index in [1.54, 1.807) is 6.92 Å². The fourth-order valence-electron chi connectivity index (χ4n) is 4.54. The Bertz CT molecular complexity index is 1490. The van der Waals surface area contributed by atoms with Gasteiger partial charge in [-0.3, -0.25) is 4.79 Å². The molecule has 5 rings (SSSR count). The van der Waals surface area contributed by atoms with E-state index in [-0.39, 0.29) is 36.5 Å². The van der Waals surface area contributed by atoms with E-state index in [9.17, 15) is 14.7 Å². The Morgan fingerprint density at radius 2 is 2.10 bits per heavy atom. The number of nitrogens with zero attached hydrogens (tertiary/aromatic N) is 2. The van der Waals surface area contributed by atoms with Crippen molar-refractivity contribution >= 4 is 67.3 Å². The van der Waals surface area contributed by atoms with Crippen molar-refractivity contribution in [2.75, 3.05) is 19.8 Å². The minimum Gasteiger partial charge on any atom is -0.506 e. The van der Waals surface area contributed by atoms with Crippen LogP contribution >= 0.6 is 27.7 Å². The number of hydrogen-bond donors (Lipinski definition) is 2. The summed E-state index contributed by atoms with van der Waals surface area (Å²) in [6, 6.07) is 15.1. The number of benzene rings is 2. The topological polar surface area (TPSA) is 102 Å². The first-order valence-electron chi connectivity index (χ1n) is 12.7. The summed E-state index contributed by atoms with van der Waals surface area (Å²) in [6.45, 7) is 3.26. The van der Waals surface area contributed by atoms with Crippen molar-refractivity contribution in [1.29, 1.82) is 0 Å². The van der Waals surface area contributed by atoms with Gasteiger partial charge in [-0.1, -0.05) is 45.9 Å². The predicted octanol–water partition coefficient (Wildman–Crippen LogP) is 5.89. The van der Waals surface area contributed by atoms with Gasteiger partial charge in [0.2, 0.25) is 5.91 Å². The lowest BCUT2D eigenvalue weighted by atomic mass is 10.1. The van der Waals surface area contributed by atoms with Gasteiger partial charge < -0.3 is 24.5 Å². The molecule has 8 nitrogen and oxygen atoms in total. The molecule has 3 heterocycles. The Kier molecular flexibility index (Phi) is 8.54. The molecule has 0 bridgehead atoms. The van der Waals surface area contributed by atoms with Gasteiger partial charge in [0, 0.05) is 40.3 Å². The number of carbonyl (C=O) groups is 2. The van der Waals surface area contributed by atoms with E-state index in [2.05, 4.69) is 26.2 Å². The van der Waals surface area contributed by atoms with Gasteiger partial charge in [0.1, 0.15) is 22.9 Å². The summed E-state index contributed by atoms with van der Waals surface area (Å²) in [7, 11) is 0. The molecular weight excluding hydrogens is 582 g/mol. The van der Waals surface area contributed by atoms with Crippen LogP contribution in [0.4, 0.5) is 5.69 Å². The molecule has 0 spiro atoms. The number of ether oxygens (including phenoxy) is 2. The normalized spacial score (nSPS) is 19.4. The molecule has 3 aromatic rings. The molecule has 0 unspecified atom stereocenters. The minimum atomic E-state index is -0.631. The van der Waals surface area contributed by atoms with Crippen LogP contribution < -0.4 is 5.32 Å². The molecule has 1 aromatic heterocycles. The number of fused-ring (bicyclic) bond motifs is 1.